The van der Waals surface area contributed by atoms with Crippen LogP contribution < -0.4 is 10.6 Å². The lowest BCUT2D eigenvalue weighted by Crippen LogP contribution is -2.24. The smallest absolute Gasteiger partial charge is 0.251 e. The number of hydrogen-bond donors (Lipinski definition) is 2. The molecule has 1 aromatic carbocycles. The number of nitrogens with one attached hydrogen (secondary N) is 2. The zero-order chi connectivity index (χ0) is 16.8. The number of halogens is 1. The topological polar surface area (TPSA) is 59.0 Å². The van der Waals surface area contributed by atoms with Gasteiger partial charge in [0.2, 0.25) is 0 Å². The lowest BCUT2D eigenvalue weighted by Gasteiger charge is -2.14. The van der Waals surface area contributed by atoms with E-state index in [1.54, 1.807) is 6.20 Å². The molecule has 1 atom stereocenters. The van der Waals surface area contributed by atoms with E-state index in [4.69, 9.17) is 11.6 Å². The lowest BCUT2D eigenvalue weighted by molar-refractivity contribution is 0.0953. The average molecular weight is 335 g/mol. The van der Waals surface area contributed by atoms with Gasteiger partial charge in [0.25, 0.3) is 5.91 Å². The maximum Gasteiger partial charge on any atom is 0.251 e. The van der Waals surface area contributed by atoms with E-state index >= 15 is 0 Å². The van der Waals surface area contributed by atoms with Crippen molar-refractivity contribution in [1.29, 1.82) is 0 Å². The van der Waals surface area contributed by atoms with Crippen molar-refractivity contribution in [3.63, 3.8) is 0 Å². The van der Waals surface area contributed by atoms with Gasteiger partial charge in [-0.2, -0.15) is 0 Å². The molecule has 2 rings (SSSR count). The maximum atomic E-state index is 12.0. The molecule has 5 nitrogen and oxygen atoms in total. The maximum absolute atomic E-state index is 12.0. The van der Waals surface area contributed by atoms with Crippen LogP contribution in [0.4, 0.5) is 0 Å². The van der Waals surface area contributed by atoms with Crippen molar-refractivity contribution < 1.29 is 4.79 Å². The second-order valence-corrected chi connectivity index (χ2v) is 5.94. The third kappa shape index (κ3) is 4.56. The summed E-state index contributed by atoms with van der Waals surface area (Å²) >= 11 is 6.02. The normalized spacial score (nSPS) is 12.2. The number of amides is 1. The average Bonchev–Trinajstić information content (AvgIpc) is 2.90. The van der Waals surface area contributed by atoms with Crippen LogP contribution in [0.15, 0.2) is 30.5 Å². The van der Waals surface area contributed by atoms with Crippen LogP contribution in [0.5, 0.6) is 0 Å². The molecule has 0 fully saturated rings. The molecule has 0 radical (unpaired) electrons. The van der Waals surface area contributed by atoms with Crippen molar-refractivity contribution in [1.82, 2.24) is 20.2 Å². The fraction of sp³-hybridized carbons (Fsp3) is 0.412. The number of carbonyl (C=O) groups is 1. The van der Waals surface area contributed by atoms with E-state index < -0.39 is 0 Å². The Morgan fingerprint density at radius 2 is 2.22 bits per heavy atom. The van der Waals surface area contributed by atoms with Crippen LogP contribution in [0.1, 0.15) is 48.1 Å². The van der Waals surface area contributed by atoms with E-state index in [0.717, 1.165) is 17.8 Å². The summed E-state index contributed by atoms with van der Waals surface area (Å²) in [7, 11) is 1.89. The Hall–Kier alpha value is -1.85. The molecule has 0 spiro atoms. The Balaban J connectivity index is 1.98. The number of benzene rings is 1. The van der Waals surface area contributed by atoms with Gasteiger partial charge in [-0.15, -0.1) is 0 Å². The van der Waals surface area contributed by atoms with Gasteiger partial charge in [-0.3, -0.25) is 4.79 Å². The molecule has 124 valence electrons. The fourth-order valence-corrected chi connectivity index (χ4v) is 2.47. The van der Waals surface area contributed by atoms with Crippen LogP contribution in [-0.4, -0.2) is 22.0 Å². The van der Waals surface area contributed by atoms with E-state index in [0.29, 0.717) is 23.8 Å². The highest BCUT2D eigenvalue weighted by Gasteiger charge is 2.12. The molecular weight excluding hydrogens is 312 g/mol. The van der Waals surface area contributed by atoms with Crippen LogP contribution in [-0.2, 0) is 13.6 Å². The van der Waals surface area contributed by atoms with E-state index in [9.17, 15) is 4.79 Å². The van der Waals surface area contributed by atoms with Crippen molar-refractivity contribution in [3.8, 4) is 0 Å². The molecule has 0 bridgehead atoms. The minimum Gasteiger partial charge on any atom is -0.352 e. The molecule has 0 aliphatic carbocycles. The first-order chi connectivity index (χ1) is 11.0. The van der Waals surface area contributed by atoms with Crippen LogP contribution >= 0.6 is 11.6 Å². The second-order valence-electron chi connectivity index (χ2n) is 5.56. The molecule has 1 unspecified atom stereocenters. The molecule has 0 aliphatic heterocycles. The third-order valence-corrected chi connectivity index (χ3v) is 4.04. The Morgan fingerprint density at radius 3 is 2.87 bits per heavy atom. The minimum atomic E-state index is -0.0300. The molecule has 0 saturated carbocycles. The summed E-state index contributed by atoms with van der Waals surface area (Å²) in [5, 5.41) is 6.91. The van der Waals surface area contributed by atoms with Gasteiger partial charge in [0.15, 0.2) is 0 Å². The van der Waals surface area contributed by atoms with Crippen molar-refractivity contribution in [3.05, 3.63) is 52.6 Å². The van der Waals surface area contributed by atoms with Crippen molar-refractivity contribution >= 4 is 17.5 Å². The second kappa shape index (κ2) is 8.13. The van der Waals surface area contributed by atoms with Gasteiger partial charge < -0.3 is 15.2 Å². The van der Waals surface area contributed by atoms with E-state index in [2.05, 4.69) is 15.6 Å². The molecule has 2 N–H and O–H groups in total. The monoisotopic (exact) mass is 334 g/mol. The molecule has 1 aromatic heterocycles. The van der Waals surface area contributed by atoms with Gasteiger partial charge in [-0.25, -0.2) is 4.98 Å². The quantitative estimate of drug-likeness (QED) is 0.818. The molecule has 0 saturated heterocycles. The fourth-order valence-electron chi connectivity index (χ4n) is 2.33. The number of carbonyl (C=O) groups excluding carboxylic acids is 1. The van der Waals surface area contributed by atoms with Crippen molar-refractivity contribution in [2.45, 2.75) is 32.9 Å². The Labute approximate surface area is 142 Å². The first kappa shape index (κ1) is 17.5. The lowest BCUT2D eigenvalue weighted by atomic mass is 10.1. The van der Waals surface area contributed by atoms with Gasteiger partial charge in [0.05, 0.1) is 12.2 Å². The van der Waals surface area contributed by atoms with Gasteiger partial charge in [-0.1, -0.05) is 30.7 Å². The molecule has 0 aliphatic rings. The zero-order valence-corrected chi connectivity index (χ0v) is 14.5. The highest BCUT2D eigenvalue weighted by atomic mass is 35.5. The summed E-state index contributed by atoms with van der Waals surface area (Å²) in [6.07, 6.45) is 2.57. The van der Waals surface area contributed by atoms with Crippen LogP contribution in [0.2, 0.25) is 5.15 Å². The van der Waals surface area contributed by atoms with Gasteiger partial charge in [0.1, 0.15) is 11.0 Å². The SMILES string of the molecule is CCCNC(=O)c1cccc(CNC(C)c2ncc(Cl)n2C)c1. The molecule has 1 heterocycles. The Bertz CT molecular complexity index is 668. The number of nitrogens with zero attached hydrogens (tertiary/aromatic N) is 2. The molecule has 1 amide bonds. The first-order valence-corrected chi connectivity index (χ1v) is 8.18. The van der Waals surface area contributed by atoms with E-state index in [-0.39, 0.29) is 11.9 Å². The largest absolute Gasteiger partial charge is 0.352 e. The number of hydrogen-bond acceptors (Lipinski definition) is 3. The highest BCUT2D eigenvalue weighted by molar-refractivity contribution is 6.29. The van der Waals surface area contributed by atoms with Gasteiger partial charge >= 0.3 is 0 Å². The summed E-state index contributed by atoms with van der Waals surface area (Å²) in [4.78, 5) is 16.3. The number of imidazole rings is 1. The van der Waals surface area contributed by atoms with Gasteiger partial charge in [0, 0.05) is 25.7 Å². The number of rotatable bonds is 7. The molecular formula is C17H23ClN4O. The summed E-state index contributed by atoms with van der Waals surface area (Å²) in [5.41, 5.74) is 1.74. The van der Waals surface area contributed by atoms with Crippen molar-refractivity contribution in [2.24, 2.45) is 7.05 Å². The van der Waals surface area contributed by atoms with Gasteiger partial charge in [-0.05, 0) is 31.0 Å². The van der Waals surface area contributed by atoms with Crippen LogP contribution in [0.3, 0.4) is 0 Å². The third-order valence-electron chi connectivity index (χ3n) is 3.69. The Morgan fingerprint density at radius 1 is 1.43 bits per heavy atom. The Kier molecular flexibility index (Phi) is 6.19. The van der Waals surface area contributed by atoms with Crippen LogP contribution in [0.25, 0.3) is 0 Å². The summed E-state index contributed by atoms with van der Waals surface area (Å²) in [5.74, 6) is 0.851. The standard InChI is InChI=1S/C17H23ClN4O/c1-4-8-19-17(23)14-7-5-6-13(9-14)10-20-12(2)16-21-11-15(18)22(16)3/h5-7,9,11-12,20H,4,8,10H2,1-3H3,(H,19,23). The van der Waals surface area contributed by atoms with E-state index in [1.807, 2.05) is 49.7 Å². The summed E-state index contributed by atoms with van der Waals surface area (Å²) in [6.45, 7) is 5.42. The highest BCUT2D eigenvalue weighted by Crippen LogP contribution is 2.16. The van der Waals surface area contributed by atoms with Crippen molar-refractivity contribution in [2.75, 3.05) is 6.54 Å². The van der Waals surface area contributed by atoms with Crippen LogP contribution in [0, 0.1) is 0 Å². The molecule has 6 heteroatoms. The molecule has 23 heavy (non-hydrogen) atoms. The predicted molar refractivity (Wildman–Crippen MR) is 92.5 cm³/mol. The zero-order valence-electron chi connectivity index (χ0n) is 13.8. The molecule has 2 aromatic rings. The predicted octanol–water partition coefficient (Wildman–Crippen LogP) is 3.06. The first-order valence-electron chi connectivity index (χ1n) is 7.80. The summed E-state index contributed by atoms with van der Waals surface area (Å²) < 4.78 is 1.85. The number of aromatic nitrogens is 2. The summed E-state index contributed by atoms with van der Waals surface area (Å²) in [6, 6.07) is 7.71. The minimum absolute atomic E-state index is 0.0300. The van der Waals surface area contributed by atoms with E-state index in [1.165, 1.54) is 0 Å².